The summed E-state index contributed by atoms with van der Waals surface area (Å²) in [4.78, 5) is 6.80. The maximum Gasteiger partial charge on any atom is 0.246 e. The lowest BCUT2D eigenvalue weighted by atomic mass is 9.98. The van der Waals surface area contributed by atoms with Gasteiger partial charge in [0.05, 0.1) is 13.2 Å². The Morgan fingerprint density at radius 1 is 1.47 bits per heavy atom. The van der Waals surface area contributed by atoms with Crippen molar-refractivity contribution in [2.75, 3.05) is 39.4 Å². The first-order valence-electron chi connectivity index (χ1n) is 7.15. The summed E-state index contributed by atoms with van der Waals surface area (Å²) in [5.41, 5.74) is 0. The Bertz CT molecular complexity index is 403. The van der Waals surface area contributed by atoms with Gasteiger partial charge in [0.2, 0.25) is 5.89 Å². The number of hydrogen-bond acceptors (Lipinski definition) is 6. The smallest absolute Gasteiger partial charge is 0.246 e. The monoisotopic (exact) mass is 266 g/mol. The van der Waals surface area contributed by atoms with E-state index in [0.29, 0.717) is 18.3 Å². The minimum atomic E-state index is 0.122. The summed E-state index contributed by atoms with van der Waals surface area (Å²) in [6.07, 6.45) is 2.58. The highest BCUT2D eigenvalue weighted by Crippen LogP contribution is 2.25. The van der Waals surface area contributed by atoms with Crippen molar-refractivity contribution in [1.29, 1.82) is 0 Å². The van der Waals surface area contributed by atoms with Crippen LogP contribution in [0.3, 0.4) is 0 Å². The molecule has 2 unspecified atom stereocenters. The van der Waals surface area contributed by atoms with Crippen LogP contribution in [0.5, 0.6) is 0 Å². The molecule has 6 nitrogen and oxygen atoms in total. The molecule has 2 saturated heterocycles. The third kappa shape index (κ3) is 3.13. The predicted molar refractivity (Wildman–Crippen MR) is 69.8 cm³/mol. The second kappa shape index (κ2) is 5.98. The summed E-state index contributed by atoms with van der Waals surface area (Å²) in [7, 11) is 0. The van der Waals surface area contributed by atoms with Crippen molar-refractivity contribution in [3.05, 3.63) is 11.7 Å². The van der Waals surface area contributed by atoms with Crippen LogP contribution in [-0.2, 0) is 4.74 Å². The Labute approximate surface area is 113 Å². The molecule has 0 saturated carbocycles. The van der Waals surface area contributed by atoms with E-state index in [1.165, 1.54) is 12.8 Å². The molecule has 2 fully saturated rings. The molecular formula is C13H22N4O2. The van der Waals surface area contributed by atoms with Gasteiger partial charge in [0.25, 0.3) is 0 Å². The van der Waals surface area contributed by atoms with Gasteiger partial charge in [-0.1, -0.05) is 5.16 Å². The second-order valence-corrected chi connectivity index (χ2v) is 5.48. The Morgan fingerprint density at radius 3 is 3.16 bits per heavy atom. The van der Waals surface area contributed by atoms with Gasteiger partial charge in [0.1, 0.15) is 6.04 Å². The third-order valence-corrected chi connectivity index (χ3v) is 3.96. The van der Waals surface area contributed by atoms with E-state index in [-0.39, 0.29) is 6.04 Å². The van der Waals surface area contributed by atoms with Crippen LogP contribution in [0, 0.1) is 12.8 Å². The largest absolute Gasteiger partial charge is 0.378 e. The van der Waals surface area contributed by atoms with Gasteiger partial charge in [-0.05, 0) is 38.8 Å². The SMILES string of the molecule is Cc1noc(C2COCCN2CC2CCCNC2)n1. The van der Waals surface area contributed by atoms with Crippen LogP contribution < -0.4 is 5.32 Å². The van der Waals surface area contributed by atoms with Gasteiger partial charge >= 0.3 is 0 Å². The number of nitrogens with zero attached hydrogens (tertiary/aromatic N) is 3. The Morgan fingerprint density at radius 2 is 2.42 bits per heavy atom. The molecule has 19 heavy (non-hydrogen) atoms. The van der Waals surface area contributed by atoms with Crippen LogP contribution >= 0.6 is 0 Å². The number of ether oxygens (including phenoxy) is 1. The number of morpholine rings is 1. The molecule has 106 valence electrons. The van der Waals surface area contributed by atoms with E-state index in [1.54, 1.807) is 0 Å². The Balaban J connectivity index is 1.66. The molecule has 1 aromatic heterocycles. The maximum absolute atomic E-state index is 5.58. The van der Waals surface area contributed by atoms with Gasteiger partial charge in [-0.25, -0.2) is 0 Å². The van der Waals surface area contributed by atoms with E-state index in [0.717, 1.165) is 38.7 Å². The number of rotatable bonds is 3. The van der Waals surface area contributed by atoms with E-state index >= 15 is 0 Å². The van der Waals surface area contributed by atoms with Crippen molar-refractivity contribution >= 4 is 0 Å². The van der Waals surface area contributed by atoms with Gasteiger partial charge in [-0.2, -0.15) is 4.98 Å². The number of aryl methyl sites for hydroxylation is 1. The number of hydrogen-bond donors (Lipinski definition) is 1. The summed E-state index contributed by atoms with van der Waals surface area (Å²) >= 11 is 0. The highest BCUT2D eigenvalue weighted by molar-refractivity contribution is 4.94. The van der Waals surface area contributed by atoms with Crippen LogP contribution in [0.2, 0.25) is 0 Å². The van der Waals surface area contributed by atoms with Crippen molar-refractivity contribution < 1.29 is 9.26 Å². The average Bonchev–Trinajstić information content (AvgIpc) is 2.87. The zero-order valence-corrected chi connectivity index (χ0v) is 11.5. The molecule has 2 atom stereocenters. The standard InChI is InChI=1S/C13H22N4O2/c1-10-15-13(19-16-10)12-9-18-6-5-17(12)8-11-3-2-4-14-7-11/h11-12,14H,2-9H2,1H3. The third-order valence-electron chi connectivity index (χ3n) is 3.96. The van der Waals surface area contributed by atoms with Crippen molar-refractivity contribution in [3.63, 3.8) is 0 Å². The van der Waals surface area contributed by atoms with Crippen molar-refractivity contribution in [2.45, 2.75) is 25.8 Å². The predicted octanol–water partition coefficient (Wildman–Crippen LogP) is 0.751. The van der Waals surface area contributed by atoms with Gasteiger partial charge in [0, 0.05) is 13.1 Å². The van der Waals surface area contributed by atoms with Gasteiger partial charge < -0.3 is 14.6 Å². The zero-order chi connectivity index (χ0) is 13.1. The van der Waals surface area contributed by atoms with Crippen LogP contribution in [0.15, 0.2) is 4.52 Å². The second-order valence-electron chi connectivity index (χ2n) is 5.48. The molecule has 2 aliphatic rings. The molecule has 1 aromatic rings. The van der Waals surface area contributed by atoms with E-state index < -0.39 is 0 Å². The first-order valence-corrected chi connectivity index (χ1v) is 7.15. The minimum Gasteiger partial charge on any atom is -0.378 e. The van der Waals surface area contributed by atoms with Gasteiger partial charge in [0.15, 0.2) is 5.82 Å². The highest BCUT2D eigenvalue weighted by Gasteiger charge is 2.31. The molecule has 0 bridgehead atoms. The fourth-order valence-electron chi connectivity index (χ4n) is 2.94. The molecular weight excluding hydrogens is 244 g/mol. The summed E-state index contributed by atoms with van der Waals surface area (Å²) in [6, 6.07) is 0.122. The average molecular weight is 266 g/mol. The van der Waals surface area contributed by atoms with Crippen LogP contribution in [0.4, 0.5) is 0 Å². The summed E-state index contributed by atoms with van der Waals surface area (Å²) in [5.74, 6) is 2.11. The molecule has 0 amide bonds. The minimum absolute atomic E-state index is 0.122. The molecule has 2 aliphatic heterocycles. The first kappa shape index (κ1) is 13.0. The molecule has 0 spiro atoms. The van der Waals surface area contributed by atoms with Crippen LogP contribution in [0.1, 0.15) is 30.6 Å². The lowest BCUT2D eigenvalue weighted by Gasteiger charge is -2.36. The zero-order valence-electron chi connectivity index (χ0n) is 11.5. The fraction of sp³-hybridized carbons (Fsp3) is 0.846. The maximum atomic E-state index is 5.58. The lowest BCUT2D eigenvalue weighted by molar-refractivity contribution is -0.0277. The lowest BCUT2D eigenvalue weighted by Crippen LogP contribution is -2.45. The normalized spacial score (nSPS) is 29.5. The van der Waals surface area contributed by atoms with E-state index in [9.17, 15) is 0 Å². The Kier molecular flexibility index (Phi) is 4.10. The fourth-order valence-corrected chi connectivity index (χ4v) is 2.94. The van der Waals surface area contributed by atoms with E-state index in [4.69, 9.17) is 9.26 Å². The number of aromatic nitrogens is 2. The van der Waals surface area contributed by atoms with Gasteiger partial charge in [-0.15, -0.1) is 0 Å². The van der Waals surface area contributed by atoms with Crippen molar-refractivity contribution in [1.82, 2.24) is 20.4 Å². The molecule has 0 aromatic carbocycles. The van der Waals surface area contributed by atoms with E-state index in [2.05, 4.69) is 20.4 Å². The summed E-state index contributed by atoms with van der Waals surface area (Å²) in [5, 5.41) is 7.37. The van der Waals surface area contributed by atoms with Gasteiger partial charge in [-0.3, -0.25) is 4.90 Å². The Hall–Kier alpha value is -0.980. The van der Waals surface area contributed by atoms with Crippen LogP contribution in [-0.4, -0.2) is 54.4 Å². The molecule has 6 heteroatoms. The highest BCUT2D eigenvalue weighted by atomic mass is 16.5. The molecule has 1 N–H and O–H groups in total. The van der Waals surface area contributed by atoms with Crippen molar-refractivity contribution in [2.24, 2.45) is 5.92 Å². The molecule has 3 rings (SSSR count). The van der Waals surface area contributed by atoms with Crippen LogP contribution in [0.25, 0.3) is 0 Å². The molecule has 3 heterocycles. The summed E-state index contributed by atoms with van der Waals surface area (Å²) in [6.45, 7) is 7.61. The topological polar surface area (TPSA) is 63.4 Å². The van der Waals surface area contributed by atoms with Crippen molar-refractivity contribution in [3.8, 4) is 0 Å². The quantitative estimate of drug-likeness (QED) is 0.871. The number of piperidine rings is 1. The summed E-state index contributed by atoms with van der Waals surface area (Å²) < 4.78 is 10.9. The molecule has 0 radical (unpaired) electrons. The van der Waals surface area contributed by atoms with E-state index in [1.807, 2.05) is 6.92 Å². The first-order chi connectivity index (χ1) is 9.33. The number of nitrogens with one attached hydrogen (secondary N) is 1. The molecule has 0 aliphatic carbocycles.